The van der Waals surface area contributed by atoms with Crippen LogP contribution in [-0.2, 0) is 11.0 Å². The third-order valence-corrected chi connectivity index (χ3v) is 3.74. The summed E-state index contributed by atoms with van der Waals surface area (Å²) in [7, 11) is 2.94. The Morgan fingerprint density at radius 1 is 1.12 bits per heavy atom. The van der Waals surface area contributed by atoms with Crippen LogP contribution in [0.2, 0.25) is 5.02 Å². The molecule has 0 aliphatic rings. The van der Waals surface area contributed by atoms with E-state index in [1.54, 1.807) is 18.2 Å². The van der Waals surface area contributed by atoms with Crippen molar-refractivity contribution in [3.05, 3.63) is 58.6 Å². The number of rotatable bonds is 5. The molecule has 138 valence electrons. The Morgan fingerprint density at radius 2 is 1.73 bits per heavy atom. The first-order valence-corrected chi connectivity index (χ1v) is 7.71. The van der Waals surface area contributed by atoms with Crippen LogP contribution in [0.1, 0.15) is 11.1 Å². The zero-order valence-corrected chi connectivity index (χ0v) is 14.6. The number of ether oxygens (including phenoxy) is 2. The fraction of sp³-hybridized carbons (Fsp3) is 0.167. The summed E-state index contributed by atoms with van der Waals surface area (Å²) in [5.74, 6) is 0.354. The predicted molar refractivity (Wildman–Crippen MR) is 93.7 cm³/mol. The summed E-state index contributed by atoms with van der Waals surface area (Å²) in [4.78, 5) is 12.0. The van der Waals surface area contributed by atoms with Gasteiger partial charge in [0.1, 0.15) is 11.5 Å². The number of hydrogen-bond acceptors (Lipinski definition) is 3. The van der Waals surface area contributed by atoms with Crippen molar-refractivity contribution in [3.63, 3.8) is 0 Å². The molecule has 0 fully saturated rings. The standard InChI is InChI=1S/C18H15ClF3NO3/c1-25-15-4-3-5-16(26-2)12(15)7-9-17(24)23-11-6-8-14(19)13(10-11)18(20,21)22/h3-10H,1-2H3,(H,23,24)/b9-7+. The Kier molecular flexibility index (Phi) is 6.15. The van der Waals surface area contributed by atoms with Gasteiger partial charge in [0.25, 0.3) is 0 Å². The summed E-state index contributed by atoms with van der Waals surface area (Å²) in [6.07, 6.45) is -1.99. The van der Waals surface area contributed by atoms with Crippen LogP contribution in [0.4, 0.5) is 18.9 Å². The SMILES string of the molecule is COc1cccc(OC)c1/C=C/C(=O)Nc1ccc(Cl)c(C(F)(F)F)c1. The number of halogens is 4. The highest BCUT2D eigenvalue weighted by Crippen LogP contribution is 2.36. The molecule has 0 aliphatic carbocycles. The van der Waals surface area contributed by atoms with Gasteiger partial charge in [0, 0.05) is 11.8 Å². The smallest absolute Gasteiger partial charge is 0.417 e. The minimum Gasteiger partial charge on any atom is -0.496 e. The highest BCUT2D eigenvalue weighted by molar-refractivity contribution is 6.31. The fourth-order valence-electron chi connectivity index (χ4n) is 2.21. The number of alkyl halides is 3. The summed E-state index contributed by atoms with van der Waals surface area (Å²) in [5.41, 5.74) is -0.518. The molecule has 0 saturated carbocycles. The molecule has 0 bridgehead atoms. The Bertz CT molecular complexity index is 813. The van der Waals surface area contributed by atoms with E-state index in [0.717, 1.165) is 12.1 Å². The Morgan fingerprint density at radius 3 is 2.27 bits per heavy atom. The third-order valence-electron chi connectivity index (χ3n) is 3.41. The molecule has 0 atom stereocenters. The van der Waals surface area contributed by atoms with Crippen molar-refractivity contribution in [1.82, 2.24) is 0 Å². The van der Waals surface area contributed by atoms with E-state index >= 15 is 0 Å². The lowest BCUT2D eigenvalue weighted by Gasteiger charge is -2.11. The maximum Gasteiger partial charge on any atom is 0.417 e. The first kappa shape index (κ1) is 19.7. The van der Waals surface area contributed by atoms with Gasteiger partial charge in [-0.1, -0.05) is 17.7 Å². The fourth-order valence-corrected chi connectivity index (χ4v) is 2.43. The predicted octanol–water partition coefficient (Wildman–Crippen LogP) is 5.03. The van der Waals surface area contributed by atoms with E-state index in [0.29, 0.717) is 17.1 Å². The van der Waals surface area contributed by atoms with Crippen molar-refractivity contribution in [2.24, 2.45) is 0 Å². The molecule has 2 aromatic carbocycles. The molecule has 2 rings (SSSR count). The lowest BCUT2D eigenvalue weighted by Crippen LogP contribution is -2.11. The zero-order chi connectivity index (χ0) is 19.3. The van der Waals surface area contributed by atoms with Gasteiger partial charge >= 0.3 is 6.18 Å². The average molecular weight is 386 g/mol. The van der Waals surface area contributed by atoms with Crippen LogP contribution >= 0.6 is 11.6 Å². The van der Waals surface area contributed by atoms with Crippen molar-refractivity contribution >= 4 is 29.3 Å². The number of benzene rings is 2. The van der Waals surface area contributed by atoms with Gasteiger partial charge in [-0.2, -0.15) is 13.2 Å². The monoisotopic (exact) mass is 385 g/mol. The Labute approximate surface area is 153 Å². The molecule has 26 heavy (non-hydrogen) atoms. The zero-order valence-electron chi connectivity index (χ0n) is 13.9. The normalized spacial score (nSPS) is 11.5. The molecule has 1 amide bonds. The molecule has 0 aromatic heterocycles. The summed E-state index contributed by atoms with van der Waals surface area (Å²) < 4.78 is 49.0. The third kappa shape index (κ3) is 4.70. The number of carbonyl (C=O) groups excluding carboxylic acids is 1. The summed E-state index contributed by atoms with van der Waals surface area (Å²) in [6.45, 7) is 0. The molecular weight excluding hydrogens is 371 g/mol. The summed E-state index contributed by atoms with van der Waals surface area (Å²) >= 11 is 5.55. The average Bonchev–Trinajstić information content (AvgIpc) is 2.60. The molecule has 0 aliphatic heterocycles. The van der Waals surface area contributed by atoms with E-state index in [1.807, 2.05) is 0 Å². The topological polar surface area (TPSA) is 47.6 Å². The van der Waals surface area contributed by atoms with Crippen molar-refractivity contribution < 1.29 is 27.4 Å². The Balaban J connectivity index is 2.21. The second kappa shape index (κ2) is 8.14. The number of methoxy groups -OCH3 is 2. The number of amides is 1. The van der Waals surface area contributed by atoms with Crippen molar-refractivity contribution in [1.29, 1.82) is 0 Å². The van der Waals surface area contributed by atoms with E-state index in [4.69, 9.17) is 21.1 Å². The van der Waals surface area contributed by atoms with E-state index < -0.39 is 22.7 Å². The van der Waals surface area contributed by atoms with Gasteiger partial charge in [0.2, 0.25) is 5.91 Å². The van der Waals surface area contributed by atoms with Gasteiger partial charge in [-0.25, -0.2) is 0 Å². The number of anilines is 1. The van der Waals surface area contributed by atoms with Gasteiger partial charge < -0.3 is 14.8 Å². The number of carbonyl (C=O) groups is 1. The maximum absolute atomic E-state index is 12.9. The van der Waals surface area contributed by atoms with Crippen LogP contribution in [0.5, 0.6) is 11.5 Å². The van der Waals surface area contributed by atoms with Crippen molar-refractivity contribution in [3.8, 4) is 11.5 Å². The first-order chi connectivity index (χ1) is 12.3. The molecule has 0 unspecified atom stereocenters. The quantitative estimate of drug-likeness (QED) is 0.734. The highest BCUT2D eigenvalue weighted by atomic mass is 35.5. The van der Waals surface area contributed by atoms with Gasteiger partial charge in [0.15, 0.2) is 0 Å². The van der Waals surface area contributed by atoms with E-state index in [2.05, 4.69) is 5.32 Å². The molecule has 1 N–H and O–H groups in total. The largest absolute Gasteiger partial charge is 0.496 e. The first-order valence-electron chi connectivity index (χ1n) is 7.33. The summed E-state index contributed by atoms with van der Waals surface area (Å²) in [5, 5.41) is 1.92. The van der Waals surface area contributed by atoms with Gasteiger partial charge in [-0.15, -0.1) is 0 Å². The maximum atomic E-state index is 12.9. The van der Waals surface area contributed by atoms with E-state index in [9.17, 15) is 18.0 Å². The Hall–Kier alpha value is -2.67. The molecule has 8 heteroatoms. The second-order valence-electron chi connectivity index (χ2n) is 5.09. The molecule has 0 saturated heterocycles. The molecule has 4 nitrogen and oxygen atoms in total. The van der Waals surface area contributed by atoms with Crippen molar-refractivity contribution in [2.75, 3.05) is 19.5 Å². The minimum atomic E-state index is -4.61. The molecule has 2 aromatic rings. The van der Waals surface area contributed by atoms with Crippen LogP contribution in [0.15, 0.2) is 42.5 Å². The molecule has 0 radical (unpaired) electrons. The van der Waals surface area contributed by atoms with E-state index in [1.165, 1.54) is 32.4 Å². The van der Waals surface area contributed by atoms with Crippen LogP contribution in [-0.4, -0.2) is 20.1 Å². The van der Waals surface area contributed by atoms with E-state index in [-0.39, 0.29) is 5.69 Å². The number of nitrogens with one attached hydrogen (secondary N) is 1. The van der Waals surface area contributed by atoms with Gasteiger partial charge in [0.05, 0.1) is 30.4 Å². The summed E-state index contributed by atoms with van der Waals surface area (Å²) in [6, 6.07) is 8.24. The van der Waals surface area contributed by atoms with Crippen molar-refractivity contribution in [2.45, 2.75) is 6.18 Å². The van der Waals surface area contributed by atoms with Gasteiger partial charge in [-0.05, 0) is 36.4 Å². The molecule has 0 heterocycles. The van der Waals surface area contributed by atoms with Crippen LogP contribution in [0.3, 0.4) is 0 Å². The molecular formula is C18H15ClF3NO3. The minimum absolute atomic E-state index is 0.0247. The highest BCUT2D eigenvalue weighted by Gasteiger charge is 2.33. The van der Waals surface area contributed by atoms with Crippen LogP contribution < -0.4 is 14.8 Å². The molecule has 0 spiro atoms. The van der Waals surface area contributed by atoms with Crippen LogP contribution in [0.25, 0.3) is 6.08 Å². The lowest BCUT2D eigenvalue weighted by molar-refractivity contribution is -0.137. The lowest BCUT2D eigenvalue weighted by atomic mass is 10.1. The number of hydrogen-bond donors (Lipinski definition) is 1. The second-order valence-corrected chi connectivity index (χ2v) is 5.50. The van der Waals surface area contributed by atoms with Crippen LogP contribution in [0, 0.1) is 0 Å². The van der Waals surface area contributed by atoms with Gasteiger partial charge in [-0.3, -0.25) is 4.79 Å².